The van der Waals surface area contributed by atoms with E-state index in [1.807, 2.05) is 0 Å². The summed E-state index contributed by atoms with van der Waals surface area (Å²) >= 11 is 0. The van der Waals surface area contributed by atoms with Crippen molar-refractivity contribution >= 4 is 43.6 Å². The molecule has 2 aromatic heterocycles. The third kappa shape index (κ3) is 2.95. The number of hydrogen-bond acceptors (Lipinski definition) is 1. The normalized spacial score (nSPS) is 13.8. The summed E-state index contributed by atoms with van der Waals surface area (Å²) in [4.78, 5) is 5.27. The maximum atomic E-state index is 5.27. The molecule has 0 saturated heterocycles. The van der Waals surface area contributed by atoms with Gasteiger partial charge in [-0.15, -0.1) is 0 Å². The Morgan fingerprint density at radius 1 is 0.537 bits per heavy atom. The Kier molecular flexibility index (Phi) is 4.39. The molecule has 0 amide bonds. The van der Waals surface area contributed by atoms with E-state index in [1.165, 1.54) is 49.3 Å². The third-order valence-corrected chi connectivity index (χ3v) is 9.09. The van der Waals surface area contributed by atoms with Crippen LogP contribution in [0.5, 0.6) is 0 Å². The topological polar surface area (TPSA) is 22.8 Å². The lowest BCUT2D eigenvalue weighted by Crippen LogP contribution is -2.15. The minimum atomic E-state index is -0.138. The minimum absolute atomic E-state index is 0.138. The second kappa shape index (κ2) is 7.96. The lowest BCUT2D eigenvalue weighted by atomic mass is 9.80. The molecule has 0 atom stereocenters. The summed E-state index contributed by atoms with van der Waals surface area (Å²) in [6.07, 6.45) is 0. The number of aromatic nitrogens is 3. The molecule has 0 aliphatic heterocycles. The first-order chi connectivity index (χ1) is 20.1. The van der Waals surface area contributed by atoms with Crippen molar-refractivity contribution in [1.82, 2.24) is 14.1 Å². The van der Waals surface area contributed by atoms with Crippen molar-refractivity contribution in [1.29, 1.82) is 0 Å². The van der Waals surface area contributed by atoms with E-state index in [4.69, 9.17) is 4.98 Å². The molecule has 9 rings (SSSR count). The van der Waals surface area contributed by atoms with Crippen LogP contribution in [0.2, 0.25) is 0 Å². The van der Waals surface area contributed by atoms with Crippen LogP contribution in [-0.4, -0.2) is 14.1 Å². The first-order valence-electron chi connectivity index (χ1n) is 14.2. The highest BCUT2D eigenvalue weighted by molar-refractivity contribution is 6.12. The smallest absolute Gasteiger partial charge is 0.220 e. The predicted molar refractivity (Wildman–Crippen MR) is 170 cm³/mol. The lowest BCUT2D eigenvalue weighted by Gasteiger charge is -2.23. The zero-order valence-electron chi connectivity index (χ0n) is 23.0. The molecule has 0 fully saturated rings. The van der Waals surface area contributed by atoms with E-state index in [9.17, 15) is 0 Å². The Labute approximate surface area is 237 Å². The molecule has 1 aliphatic rings. The quantitative estimate of drug-likeness (QED) is 0.220. The van der Waals surface area contributed by atoms with Crippen LogP contribution in [0, 0.1) is 0 Å². The molecule has 194 valence electrons. The van der Waals surface area contributed by atoms with Crippen LogP contribution in [0.1, 0.15) is 25.0 Å². The van der Waals surface area contributed by atoms with Crippen molar-refractivity contribution in [3.05, 3.63) is 139 Å². The summed E-state index contributed by atoms with van der Waals surface area (Å²) in [6.45, 7) is 4.75. The van der Waals surface area contributed by atoms with Crippen LogP contribution in [-0.2, 0) is 5.41 Å². The molecule has 1 aliphatic carbocycles. The van der Waals surface area contributed by atoms with Crippen molar-refractivity contribution < 1.29 is 0 Å². The lowest BCUT2D eigenvalue weighted by molar-refractivity contribution is 0.667. The fourth-order valence-corrected chi connectivity index (χ4v) is 7.27. The van der Waals surface area contributed by atoms with Gasteiger partial charge in [-0.25, -0.2) is 4.98 Å². The van der Waals surface area contributed by atoms with Crippen LogP contribution in [0.4, 0.5) is 0 Å². The van der Waals surface area contributed by atoms with Crippen molar-refractivity contribution in [2.24, 2.45) is 0 Å². The highest BCUT2D eigenvalue weighted by atomic mass is 15.2. The first-order valence-corrected chi connectivity index (χ1v) is 14.2. The van der Waals surface area contributed by atoms with Gasteiger partial charge >= 0.3 is 0 Å². The van der Waals surface area contributed by atoms with Gasteiger partial charge in [-0.05, 0) is 75.5 Å². The number of hydrogen-bond donors (Lipinski definition) is 0. The molecule has 2 heterocycles. The van der Waals surface area contributed by atoms with E-state index in [0.29, 0.717) is 0 Å². The predicted octanol–water partition coefficient (Wildman–Crippen LogP) is 9.58. The Morgan fingerprint density at radius 2 is 1.24 bits per heavy atom. The summed E-state index contributed by atoms with van der Waals surface area (Å²) in [5.41, 5.74) is 10.9. The molecular weight excluding hydrogens is 498 g/mol. The van der Waals surface area contributed by atoms with Crippen molar-refractivity contribution in [3.8, 4) is 22.8 Å². The third-order valence-electron chi connectivity index (χ3n) is 9.09. The Hall–Kier alpha value is -5.15. The summed E-state index contributed by atoms with van der Waals surface area (Å²) < 4.78 is 4.66. The Bertz CT molecular complexity index is 2330. The molecule has 6 aromatic carbocycles. The van der Waals surface area contributed by atoms with Gasteiger partial charge in [-0.2, -0.15) is 0 Å². The molecule has 0 radical (unpaired) electrons. The van der Waals surface area contributed by atoms with Crippen LogP contribution in [0.25, 0.3) is 66.4 Å². The van der Waals surface area contributed by atoms with Gasteiger partial charge in [0.05, 0.1) is 22.1 Å². The molecule has 0 spiro atoms. The van der Waals surface area contributed by atoms with Gasteiger partial charge in [0.2, 0.25) is 5.95 Å². The number of fused-ring (bicyclic) bond motifs is 9. The summed E-state index contributed by atoms with van der Waals surface area (Å²) in [6, 6.07) is 46.0. The van der Waals surface area contributed by atoms with Crippen LogP contribution in [0.15, 0.2) is 127 Å². The fourth-order valence-electron chi connectivity index (χ4n) is 7.27. The summed E-state index contributed by atoms with van der Waals surface area (Å²) in [5, 5.41) is 5.13. The number of imidazole rings is 1. The molecule has 3 heteroatoms. The van der Waals surface area contributed by atoms with Crippen LogP contribution < -0.4 is 0 Å². The van der Waals surface area contributed by atoms with Crippen LogP contribution in [0.3, 0.4) is 0 Å². The van der Waals surface area contributed by atoms with Crippen molar-refractivity contribution in [2.45, 2.75) is 19.3 Å². The van der Waals surface area contributed by atoms with Gasteiger partial charge in [0.1, 0.15) is 0 Å². The minimum Gasteiger partial charge on any atom is -0.279 e. The van der Waals surface area contributed by atoms with Crippen LogP contribution >= 0.6 is 0 Å². The van der Waals surface area contributed by atoms with E-state index in [2.05, 4.69) is 150 Å². The maximum Gasteiger partial charge on any atom is 0.220 e. The molecule has 0 unspecified atom stereocenters. The largest absolute Gasteiger partial charge is 0.279 e. The highest BCUT2D eigenvalue weighted by Gasteiger charge is 2.38. The molecule has 8 aromatic rings. The standard InChI is InChI=1S/C38H27N3/c1-38(2)31-23-35-30(22-29(31)28-21-20-24-12-6-7-15-26(24)36(28)38)27-16-8-10-18-33(27)41(35)37-39-32-17-9-11-19-34(32)40(37)25-13-4-3-5-14-25/h3-23H,1-2H3. The molecule has 0 saturated carbocycles. The van der Waals surface area contributed by atoms with Gasteiger partial charge in [0.25, 0.3) is 0 Å². The van der Waals surface area contributed by atoms with E-state index in [1.54, 1.807) is 0 Å². The van der Waals surface area contributed by atoms with Gasteiger partial charge in [0.15, 0.2) is 0 Å². The van der Waals surface area contributed by atoms with E-state index in [-0.39, 0.29) is 5.41 Å². The fraction of sp³-hybridized carbons (Fsp3) is 0.0789. The summed E-state index contributed by atoms with van der Waals surface area (Å²) in [5.74, 6) is 0.905. The number of benzene rings is 6. The highest BCUT2D eigenvalue weighted by Crippen LogP contribution is 2.53. The Morgan fingerprint density at radius 3 is 2.10 bits per heavy atom. The van der Waals surface area contributed by atoms with E-state index in [0.717, 1.165) is 28.2 Å². The molecule has 3 nitrogen and oxygen atoms in total. The number of para-hydroxylation sites is 4. The Balaban J connectivity index is 1.42. The second-order valence-corrected chi connectivity index (χ2v) is 11.7. The maximum absolute atomic E-state index is 5.27. The molecular formula is C38H27N3. The SMILES string of the molecule is CC1(C)c2cc3c(cc2-c2ccc4ccccc4c21)c1ccccc1n3-c1nc2ccccc2n1-c1ccccc1. The first kappa shape index (κ1) is 22.6. The number of rotatable bonds is 2. The average Bonchev–Trinajstić information content (AvgIpc) is 3.62. The van der Waals surface area contributed by atoms with Gasteiger partial charge in [-0.3, -0.25) is 9.13 Å². The monoisotopic (exact) mass is 525 g/mol. The van der Waals surface area contributed by atoms with Crippen molar-refractivity contribution in [2.75, 3.05) is 0 Å². The van der Waals surface area contributed by atoms with Gasteiger partial charge in [-0.1, -0.05) is 98.8 Å². The number of nitrogens with zero attached hydrogens (tertiary/aromatic N) is 3. The van der Waals surface area contributed by atoms with Gasteiger partial charge < -0.3 is 0 Å². The van der Waals surface area contributed by atoms with Crippen molar-refractivity contribution in [3.63, 3.8) is 0 Å². The van der Waals surface area contributed by atoms with E-state index < -0.39 is 0 Å². The molecule has 41 heavy (non-hydrogen) atoms. The zero-order valence-corrected chi connectivity index (χ0v) is 23.0. The van der Waals surface area contributed by atoms with E-state index >= 15 is 0 Å². The zero-order chi connectivity index (χ0) is 27.3. The van der Waals surface area contributed by atoms with Gasteiger partial charge in [0, 0.05) is 21.9 Å². The molecule has 0 bridgehead atoms. The average molecular weight is 526 g/mol. The summed E-state index contributed by atoms with van der Waals surface area (Å²) in [7, 11) is 0. The molecule has 0 N–H and O–H groups in total. The second-order valence-electron chi connectivity index (χ2n) is 11.7.